The molecule has 0 amide bonds. The Bertz CT molecular complexity index is 125. The van der Waals surface area contributed by atoms with E-state index >= 15 is 0 Å². The molecule has 0 aromatic heterocycles. The molecule has 0 unspecified atom stereocenters. The average molecular weight is 190 g/mol. The van der Waals surface area contributed by atoms with Crippen molar-refractivity contribution in [2.75, 3.05) is 6.61 Å². The predicted octanol–water partition coefficient (Wildman–Crippen LogP) is 2.29. The molecule has 0 spiro atoms. The number of carboxylic acids is 1. The third kappa shape index (κ3) is 11.4. The highest BCUT2D eigenvalue weighted by Gasteiger charge is 1.96. The van der Waals surface area contributed by atoms with E-state index in [1.165, 1.54) is 0 Å². The van der Waals surface area contributed by atoms with Crippen LogP contribution in [0, 0.1) is 0 Å². The van der Waals surface area contributed by atoms with Crippen molar-refractivity contribution >= 4 is 5.97 Å². The minimum absolute atomic E-state index is 0.278. The van der Waals surface area contributed by atoms with E-state index in [2.05, 4.69) is 4.89 Å². The summed E-state index contributed by atoms with van der Waals surface area (Å²) < 4.78 is 0. The average Bonchev–Trinajstić information content (AvgIpc) is 2.09. The van der Waals surface area contributed by atoms with Crippen LogP contribution in [0.5, 0.6) is 0 Å². The summed E-state index contributed by atoms with van der Waals surface area (Å²) in [4.78, 5) is 14.1. The lowest BCUT2D eigenvalue weighted by Crippen LogP contribution is -1.93. The first kappa shape index (κ1) is 12.4. The van der Waals surface area contributed by atoms with E-state index in [1.807, 2.05) is 0 Å². The molecule has 0 fully saturated rings. The lowest BCUT2D eigenvalue weighted by atomic mass is 10.1. The molecule has 78 valence electrons. The standard InChI is InChI=1S/C9H18O4/c10-9(11)7-5-3-1-2-4-6-8-13-12/h12H,1-8H2,(H,10,11). The van der Waals surface area contributed by atoms with Crippen LogP contribution in [0.4, 0.5) is 0 Å². The third-order valence-electron chi connectivity index (χ3n) is 1.88. The maximum atomic E-state index is 10.1. The summed E-state index contributed by atoms with van der Waals surface area (Å²) in [5, 5.41) is 16.3. The first-order valence-electron chi connectivity index (χ1n) is 4.75. The van der Waals surface area contributed by atoms with Gasteiger partial charge in [0.05, 0.1) is 6.61 Å². The van der Waals surface area contributed by atoms with Crippen molar-refractivity contribution in [3.8, 4) is 0 Å². The summed E-state index contributed by atoms with van der Waals surface area (Å²) in [6.45, 7) is 0.398. The van der Waals surface area contributed by atoms with Crippen molar-refractivity contribution in [3.05, 3.63) is 0 Å². The molecule has 0 aliphatic rings. The minimum Gasteiger partial charge on any atom is -0.481 e. The maximum Gasteiger partial charge on any atom is 0.303 e. The minimum atomic E-state index is -0.714. The van der Waals surface area contributed by atoms with Crippen LogP contribution in [0.15, 0.2) is 0 Å². The normalized spacial score (nSPS) is 10.2. The van der Waals surface area contributed by atoms with Crippen LogP contribution in [-0.2, 0) is 9.68 Å². The summed E-state index contributed by atoms with van der Waals surface area (Å²) in [6, 6.07) is 0. The molecule has 4 nitrogen and oxygen atoms in total. The zero-order valence-electron chi connectivity index (χ0n) is 7.87. The van der Waals surface area contributed by atoms with Crippen molar-refractivity contribution in [3.63, 3.8) is 0 Å². The van der Waals surface area contributed by atoms with Crippen LogP contribution in [-0.4, -0.2) is 22.9 Å². The van der Waals surface area contributed by atoms with E-state index in [-0.39, 0.29) is 6.42 Å². The maximum absolute atomic E-state index is 10.1. The van der Waals surface area contributed by atoms with Crippen molar-refractivity contribution in [1.29, 1.82) is 0 Å². The number of rotatable bonds is 9. The van der Waals surface area contributed by atoms with Gasteiger partial charge in [-0.3, -0.25) is 10.1 Å². The second-order valence-electron chi connectivity index (χ2n) is 3.10. The molecule has 0 bridgehead atoms. The molecule has 13 heavy (non-hydrogen) atoms. The highest BCUT2D eigenvalue weighted by atomic mass is 17.1. The predicted molar refractivity (Wildman–Crippen MR) is 48.5 cm³/mol. The molecule has 0 saturated heterocycles. The van der Waals surface area contributed by atoms with Crippen LogP contribution >= 0.6 is 0 Å². The summed E-state index contributed by atoms with van der Waals surface area (Å²) in [5.74, 6) is -0.714. The van der Waals surface area contributed by atoms with Gasteiger partial charge in [0, 0.05) is 6.42 Å². The second-order valence-corrected chi connectivity index (χ2v) is 3.10. The lowest BCUT2D eigenvalue weighted by molar-refractivity contribution is -0.242. The zero-order chi connectivity index (χ0) is 9.94. The molecule has 0 aromatic carbocycles. The highest BCUT2D eigenvalue weighted by molar-refractivity contribution is 5.66. The van der Waals surface area contributed by atoms with Gasteiger partial charge in [0.1, 0.15) is 0 Å². The van der Waals surface area contributed by atoms with Gasteiger partial charge in [-0.15, -0.1) is 0 Å². The van der Waals surface area contributed by atoms with Crippen molar-refractivity contribution < 1.29 is 20.0 Å². The van der Waals surface area contributed by atoms with Gasteiger partial charge in [-0.1, -0.05) is 25.7 Å². The fraction of sp³-hybridized carbons (Fsp3) is 0.889. The fourth-order valence-corrected chi connectivity index (χ4v) is 1.15. The van der Waals surface area contributed by atoms with Crippen LogP contribution in [0.25, 0.3) is 0 Å². The Labute approximate surface area is 78.5 Å². The van der Waals surface area contributed by atoms with E-state index in [4.69, 9.17) is 10.4 Å². The summed E-state index contributed by atoms with van der Waals surface area (Å²) >= 11 is 0. The van der Waals surface area contributed by atoms with E-state index in [9.17, 15) is 4.79 Å². The van der Waals surface area contributed by atoms with Gasteiger partial charge >= 0.3 is 5.97 Å². The largest absolute Gasteiger partial charge is 0.481 e. The monoisotopic (exact) mass is 190 g/mol. The molecule has 2 N–H and O–H groups in total. The Hall–Kier alpha value is -0.610. The van der Waals surface area contributed by atoms with Crippen molar-refractivity contribution in [2.24, 2.45) is 0 Å². The van der Waals surface area contributed by atoms with Gasteiger partial charge in [-0.25, -0.2) is 4.89 Å². The van der Waals surface area contributed by atoms with E-state index < -0.39 is 5.97 Å². The first-order valence-corrected chi connectivity index (χ1v) is 4.75. The quantitative estimate of drug-likeness (QED) is 0.332. The van der Waals surface area contributed by atoms with Crippen molar-refractivity contribution in [2.45, 2.75) is 44.9 Å². The van der Waals surface area contributed by atoms with E-state index in [1.54, 1.807) is 0 Å². The smallest absolute Gasteiger partial charge is 0.303 e. The summed E-state index contributed by atoms with van der Waals surface area (Å²) in [7, 11) is 0. The molecule has 0 aromatic rings. The van der Waals surface area contributed by atoms with Gasteiger partial charge < -0.3 is 5.11 Å². The number of carbonyl (C=O) groups is 1. The number of hydrogen-bond donors (Lipinski definition) is 2. The topological polar surface area (TPSA) is 66.8 Å². The van der Waals surface area contributed by atoms with Crippen LogP contribution in [0.2, 0.25) is 0 Å². The molecular formula is C9H18O4. The van der Waals surface area contributed by atoms with Crippen LogP contribution < -0.4 is 0 Å². The zero-order valence-corrected chi connectivity index (χ0v) is 7.87. The molecule has 0 heterocycles. The molecule has 0 saturated carbocycles. The van der Waals surface area contributed by atoms with Crippen molar-refractivity contribution in [1.82, 2.24) is 0 Å². The van der Waals surface area contributed by atoms with Gasteiger partial charge in [0.25, 0.3) is 0 Å². The molecular weight excluding hydrogens is 172 g/mol. The Balaban J connectivity index is 2.87. The van der Waals surface area contributed by atoms with Gasteiger partial charge in [0.15, 0.2) is 0 Å². The van der Waals surface area contributed by atoms with Crippen LogP contribution in [0.3, 0.4) is 0 Å². The van der Waals surface area contributed by atoms with Gasteiger partial charge in [-0.05, 0) is 12.8 Å². The van der Waals surface area contributed by atoms with Gasteiger partial charge in [-0.2, -0.15) is 0 Å². The Morgan fingerprint density at radius 3 is 2.08 bits per heavy atom. The van der Waals surface area contributed by atoms with Crippen LogP contribution in [0.1, 0.15) is 44.9 Å². The highest BCUT2D eigenvalue weighted by Crippen LogP contribution is 2.06. The SMILES string of the molecule is O=C(O)CCCCCCCCOO. The molecule has 0 atom stereocenters. The molecule has 4 heteroatoms. The third-order valence-corrected chi connectivity index (χ3v) is 1.88. The molecule has 0 radical (unpaired) electrons. The number of unbranched alkanes of at least 4 members (excludes halogenated alkanes) is 5. The lowest BCUT2D eigenvalue weighted by Gasteiger charge is -1.99. The first-order chi connectivity index (χ1) is 6.27. The summed E-state index contributed by atoms with van der Waals surface area (Å²) in [6.07, 6.45) is 6.09. The fourth-order valence-electron chi connectivity index (χ4n) is 1.15. The Morgan fingerprint density at radius 1 is 1.00 bits per heavy atom. The molecule has 0 rings (SSSR count). The molecule has 0 aliphatic heterocycles. The molecule has 0 aliphatic carbocycles. The number of hydrogen-bond acceptors (Lipinski definition) is 3. The van der Waals surface area contributed by atoms with E-state index in [0.29, 0.717) is 6.61 Å². The summed E-state index contributed by atoms with van der Waals surface area (Å²) in [5.41, 5.74) is 0. The Kier molecular flexibility index (Phi) is 9.03. The Morgan fingerprint density at radius 2 is 1.54 bits per heavy atom. The van der Waals surface area contributed by atoms with Gasteiger partial charge in [0.2, 0.25) is 0 Å². The van der Waals surface area contributed by atoms with E-state index in [0.717, 1.165) is 38.5 Å². The number of aliphatic carboxylic acids is 1. The second kappa shape index (κ2) is 9.48. The number of carboxylic acid groups (broad SMARTS) is 1.